The van der Waals surface area contributed by atoms with Crippen LogP contribution in [0.3, 0.4) is 0 Å². The van der Waals surface area contributed by atoms with Crippen molar-refractivity contribution in [3.05, 3.63) is 50.6 Å². The van der Waals surface area contributed by atoms with Crippen LogP contribution < -0.4 is 5.73 Å². The number of anilines is 1. The maximum absolute atomic E-state index is 12.2. The van der Waals surface area contributed by atoms with Gasteiger partial charge < -0.3 is 10.6 Å². The van der Waals surface area contributed by atoms with Gasteiger partial charge >= 0.3 is 0 Å². The second-order valence-corrected chi connectivity index (χ2v) is 5.96. The van der Waals surface area contributed by atoms with Crippen molar-refractivity contribution in [3.8, 4) is 0 Å². The van der Waals surface area contributed by atoms with Crippen LogP contribution in [0.1, 0.15) is 15.2 Å². The number of carbonyl (C=O) groups excluding carboxylic acids is 1. The first-order valence-corrected chi connectivity index (χ1v) is 7.07. The predicted molar refractivity (Wildman–Crippen MR) is 78.7 cm³/mol. The Hall–Kier alpha value is -1.33. The van der Waals surface area contributed by atoms with Crippen molar-refractivity contribution in [1.29, 1.82) is 0 Å². The summed E-state index contributed by atoms with van der Waals surface area (Å²) >= 11 is 4.98. The van der Waals surface area contributed by atoms with Gasteiger partial charge in [0.25, 0.3) is 5.91 Å². The molecule has 1 aromatic heterocycles. The molecular formula is C13H13BrN2OS. The highest BCUT2D eigenvalue weighted by Crippen LogP contribution is 2.19. The van der Waals surface area contributed by atoms with Gasteiger partial charge in [-0.25, -0.2) is 0 Å². The van der Waals surface area contributed by atoms with E-state index in [4.69, 9.17) is 5.73 Å². The van der Waals surface area contributed by atoms with Gasteiger partial charge in [0.1, 0.15) is 0 Å². The number of nitrogens with zero attached hydrogens (tertiary/aromatic N) is 1. The lowest BCUT2D eigenvalue weighted by Crippen LogP contribution is -2.25. The van der Waals surface area contributed by atoms with E-state index in [2.05, 4.69) is 15.9 Å². The normalized spacial score (nSPS) is 10.3. The van der Waals surface area contributed by atoms with Crippen LogP contribution in [0.4, 0.5) is 5.69 Å². The van der Waals surface area contributed by atoms with Crippen LogP contribution in [0.15, 0.2) is 40.2 Å². The summed E-state index contributed by atoms with van der Waals surface area (Å²) in [6.07, 6.45) is 0. The molecule has 5 heteroatoms. The van der Waals surface area contributed by atoms with Crippen molar-refractivity contribution in [2.75, 3.05) is 12.8 Å². The molecule has 0 atom stereocenters. The average Bonchev–Trinajstić information content (AvgIpc) is 2.79. The molecule has 0 spiro atoms. The third-order valence-corrected chi connectivity index (χ3v) is 3.81. The number of thiophene rings is 1. The highest BCUT2D eigenvalue weighted by Gasteiger charge is 2.13. The van der Waals surface area contributed by atoms with Crippen molar-refractivity contribution in [2.24, 2.45) is 0 Å². The van der Waals surface area contributed by atoms with E-state index in [-0.39, 0.29) is 5.91 Å². The highest BCUT2D eigenvalue weighted by atomic mass is 79.9. The van der Waals surface area contributed by atoms with Crippen LogP contribution in [0, 0.1) is 0 Å². The van der Waals surface area contributed by atoms with E-state index < -0.39 is 0 Å². The molecule has 2 rings (SSSR count). The highest BCUT2D eigenvalue weighted by molar-refractivity contribution is 9.10. The van der Waals surface area contributed by atoms with Crippen LogP contribution in [0.2, 0.25) is 0 Å². The molecule has 0 saturated heterocycles. The van der Waals surface area contributed by atoms with E-state index in [1.807, 2.05) is 17.5 Å². The van der Waals surface area contributed by atoms with Crippen molar-refractivity contribution >= 4 is 38.9 Å². The summed E-state index contributed by atoms with van der Waals surface area (Å²) in [5.41, 5.74) is 6.91. The smallest absolute Gasteiger partial charge is 0.254 e. The molecule has 2 aromatic rings. The number of carbonyl (C=O) groups is 1. The second kappa shape index (κ2) is 5.54. The van der Waals surface area contributed by atoms with Gasteiger partial charge in [-0.05, 0) is 29.6 Å². The fourth-order valence-corrected chi connectivity index (χ4v) is 2.93. The number of benzene rings is 1. The molecular weight excluding hydrogens is 312 g/mol. The molecule has 0 aliphatic rings. The largest absolute Gasteiger partial charge is 0.399 e. The third kappa shape index (κ3) is 3.11. The van der Waals surface area contributed by atoms with E-state index >= 15 is 0 Å². The summed E-state index contributed by atoms with van der Waals surface area (Å²) in [5.74, 6) is -0.0311. The lowest BCUT2D eigenvalue weighted by Gasteiger charge is -2.16. The minimum Gasteiger partial charge on any atom is -0.399 e. The Labute approximate surface area is 118 Å². The molecule has 0 radical (unpaired) electrons. The van der Waals surface area contributed by atoms with E-state index in [0.717, 1.165) is 9.35 Å². The van der Waals surface area contributed by atoms with Crippen molar-refractivity contribution in [3.63, 3.8) is 0 Å². The van der Waals surface area contributed by atoms with E-state index in [1.54, 1.807) is 41.5 Å². The Morgan fingerprint density at radius 2 is 2.22 bits per heavy atom. The second-order valence-electron chi connectivity index (χ2n) is 4.01. The van der Waals surface area contributed by atoms with E-state index in [9.17, 15) is 4.79 Å². The van der Waals surface area contributed by atoms with Gasteiger partial charge in [-0.3, -0.25) is 4.79 Å². The number of amides is 1. The number of rotatable bonds is 3. The van der Waals surface area contributed by atoms with E-state index in [0.29, 0.717) is 17.8 Å². The molecule has 94 valence electrons. The van der Waals surface area contributed by atoms with Gasteiger partial charge in [-0.15, -0.1) is 11.3 Å². The number of hydrogen-bond donors (Lipinski definition) is 1. The summed E-state index contributed by atoms with van der Waals surface area (Å²) in [6, 6.07) is 9.25. The third-order valence-electron chi connectivity index (χ3n) is 2.49. The van der Waals surface area contributed by atoms with Gasteiger partial charge in [-0.1, -0.05) is 22.0 Å². The molecule has 0 bridgehead atoms. The molecule has 0 aliphatic carbocycles. The van der Waals surface area contributed by atoms with Gasteiger partial charge in [0.15, 0.2) is 0 Å². The summed E-state index contributed by atoms with van der Waals surface area (Å²) < 4.78 is 0.815. The fourth-order valence-electron chi connectivity index (χ4n) is 1.66. The quantitative estimate of drug-likeness (QED) is 0.880. The van der Waals surface area contributed by atoms with Crippen LogP contribution >= 0.6 is 27.3 Å². The lowest BCUT2D eigenvalue weighted by molar-refractivity contribution is 0.0786. The summed E-state index contributed by atoms with van der Waals surface area (Å²) in [4.78, 5) is 15.1. The molecule has 1 heterocycles. The van der Waals surface area contributed by atoms with E-state index in [1.165, 1.54) is 0 Å². The fraction of sp³-hybridized carbons (Fsp3) is 0.154. The van der Waals surface area contributed by atoms with Crippen LogP contribution in [0.5, 0.6) is 0 Å². The maximum atomic E-state index is 12.2. The first-order chi connectivity index (χ1) is 8.56. The molecule has 1 aromatic carbocycles. The molecule has 2 N–H and O–H groups in total. The Balaban J connectivity index is 2.15. The van der Waals surface area contributed by atoms with Crippen molar-refractivity contribution in [2.45, 2.75) is 6.54 Å². The van der Waals surface area contributed by atoms with Crippen molar-refractivity contribution in [1.82, 2.24) is 4.90 Å². The Morgan fingerprint density at radius 3 is 2.83 bits per heavy atom. The topological polar surface area (TPSA) is 46.3 Å². The predicted octanol–water partition coefficient (Wildman–Crippen LogP) is 3.37. The SMILES string of the molecule is CN(Cc1cccs1)C(=O)c1cc(N)cc(Br)c1. The minimum atomic E-state index is -0.0311. The Bertz CT molecular complexity index is 534. The first-order valence-electron chi connectivity index (χ1n) is 5.40. The summed E-state index contributed by atoms with van der Waals surface area (Å²) in [6.45, 7) is 0.614. The lowest BCUT2D eigenvalue weighted by atomic mass is 10.2. The van der Waals surface area contributed by atoms with Crippen LogP contribution in [-0.2, 0) is 6.54 Å². The number of hydrogen-bond acceptors (Lipinski definition) is 3. The molecule has 0 fully saturated rings. The molecule has 0 saturated carbocycles. The zero-order valence-electron chi connectivity index (χ0n) is 9.89. The number of nitrogen functional groups attached to an aromatic ring is 1. The zero-order chi connectivity index (χ0) is 13.1. The molecule has 1 amide bonds. The molecule has 3 nitrogen and oxygen atoms in total. The van der Waals surface area contributed by atoms with Gasteiger partial charge in [0.05, 0.1) is 6.54 Å². The number of nitrogens with two attached hydrogens (primary N) is 1. The molecule has 0 aliphatic heterocycles. The summed E-state index contributed by atoms with van der Waals surface area (Å²) in [7, 11) is 1.79. The van der Waals surface area contributed by atoms with Crippen molar-refractivity contribution < 1.29 is 4.79 Å². The zero-order valence-corrected chi connectivity index (χ0v) is 12.3. The van der Waals surface area contributed by atoms with Gasteiger partial charge in [0.2, 0.25) is 0 Å². The maximum Gasteiger partial charge on any atom is 0.254 e. The standard InChI is InChI=1S/C13H13BrN2OS/c1-16(8-12-3-2-4-18-12)13(17)9-5-10(14)7-11(15)6-9/h2-7H,8,15H2,1H3. The van der Waals surface area contributed by atoms with Crippen LogP contribution in [-0.4, -0.2) is 17.9 Å². The average molecular weight is 325 g/mol. The molecule has 18 heavy (non-hydrogen) atoms. The summed E-state index contributed by atoms with van der Waals surface area (Å²) in [5, 5.41) is 2.00. The Kier molecular flexibility index (Phi) is 4.04. The molecule has 0 unspecified atom stereocenters. The van der Waals surface area contributed by atoms with Crippen LogP contribution in [0.25, 0.3) is 0 Å². The van der Waals surface area contributed by atoms with Gasteiger partial charge in [-0.2, -0.15) is 0 Å². The number of halogens is 1. The first kappa shape index (κ1) is 13.1. The monoisotopic (exact) mass is 324 g/mol. The minimum absolute atomic E-state index is 0.0311. The van der Waals surface area contributed by atoms with Gasteiger partial charge in [0, 0.05) is 27.6 Å². The Morgan fingerprint density at radius 1 is 1.44 bits per heavy atom.